The lowest BCUT2D eigenvalue weighted by Crippen LogP contribution is -2.03. The third-order valence-electron chi connectivity index (χ3n) is 0.712. The van der Waals surface area contributed by atoms with E-state index in [4.69, 9.17) is 5.53 Å². The van der Waals surface area contributed by atoms with Crippen molar-refractivity contribution in [2.45, 2.75) is 20.1 Å². The summed E-state index contributed by atoms with van der Waals surface area (Å²) in [5.41, 5.74) is 7.70. The zero-order valence-corrected chi connectivity index (χ0v) is 4.87. The van der Waals surface area contributed by atoms with E-state index in [0.717, 1.165) is 0 Å². The zero-order chi connectivity index (χ0) is 6.57. The molecule has 8 heavy (non-hydrogen) atoms. The summed E-state index contributed by atoms with van der Waals surface area (Å²) in [5, 5.41) is 2.84. The fourth-order valence-electron chi connectivity index (χ4n) is 0.183. The first-order chi connectivity index (χ1) is 3.68. The summed E-state index contributed by atoms with van der Waals surface area (Å²) in [6, 6.07) is 0. The second-order valence-electron chi connectivity index (χ2n) is 1.82. The van der Waals surface area contributed by atoms with Gasteiger partial charge in [-0.2, -0.15) is 0 Å². The van der Waals surface area contributed by atoms with Crippen molar-refractivity contribution < 1.29 is 4.39 Å². The number of nitrogens with zero attached hydrogens (tertiary/aromatic N) is 3. The number of hydrogen-bond acceptors (Lipinski definition) is 1. The predicted octanol–water partition coefficient (Wildman–Crippen LogP) is 2.25. The van der Waals surface area contributed by atoms with E-state index in [1.165, 1.54) is 0 Å². The van der Waals surface area contributed by atoms with Gasteiger partial charge in [0.2, 0.25) is 0 Å². The molecule has 0 aromatic heterocycles. The van der Waals surface area contributed by atoms with Crippen LogP contribution in [0.5, 0.6) is 0 Å². The second-order valence-corrected chi connectivity index (χ2v) is 1.82. The van der Waals surface area contributed by atoms with E-state index in [9.17, 15) is 4.39 Å². The molecule has 4 heteroatoms. The van der Waals surface area contributed by atoms with E-state index in [1.54, 1.807) is 13.8 Å². The van der Waals surface area contributed by atoms with Crippen molar-refractivity contribution in [3.05, 3.63) is 10.4 Å². The van der Waals surface area contributed by atoms with Gasteiger partial charge in [-0.15, -0.1) is 0 Å². The first kappa shape index (κ1) is 7.24. The average Bonchev–Trinajstić information content (AvgIpc) is 1.67. The van der Waals surface area contributed by atoms with Gasteiger partial charge in [-0.1, -0.05) is 19.0 Å². The Morgan fingerprint density at radius 2 is 2.12 bits per heavy atom. The summed E-state index contributed by atoms with van der Waals surface area (Å²) in [6.45, 7) is 3.30. The predicted molar refractivity (Wildman–Crippen MR) is 28.9 cm³/mol. The Bertz CT molecular complexity index is 106. The zero-order valence-electron chi connectivity index (χ0n) is 4.87. The third-order valence-corrected chi connectivity index (χ3v) is 0.712. The van der Waals surface area contributed by atoms with Gasteiger partial charge in [0.05, 0.1) is 0 Å². The van der Waals surface area contributed by atoms with Crippen molar-refractivity contribution in [2.24, 2.45) is 11.0 Å². The summed E-state index contributed by atoms with van der Waals surface area (Å²) >= 11 is 0. The first-order valence-corrected chi connectivity index (χ1v) is 2.36. The fraction of sp³-hybridized carbons (Fsp3) is 1.00. The Morgan fingerprint density at radius 3 is 2.25 bits per heavy atom. The van der Waals surface area contributed by atoms with Crippen molar-refractivity contribution >= 4 is 0 Å². The monoisotopic (exact) mass is 117 g/mol. The standard InChI is InChI=1S/C4H8FN3/c1-3(2)4(5)7-8-6/h3-4H,1-2H3. The first-order valence-electron chi connectivity index (χ1n) is 2.36. The molecule has 1 unspecified atom stereocenters. The van der Waals surface area contributed by atoms with Crippen LogP contribution in [0.3, 0.4) is 0 Å². The van der Waals surface area contributed by atoms with Crippen LogP contribution in [0.15, 0.2) is 5.11 Å². The maximum Gasteiger partial charge on any atom is 0.181 e. The number of halogens is 1. The molecule has 0 aliphatic heterocycles. The number of alkyl halides is 1. The third kappa shape index (κ3) is 2.42. The number of azide groups is 1. The Hall–Kier alpha value is -0.760. The van der Waals surface area contributed by atoms with Gasteiger partial charge < -0.3 is 0 Å². The normalized spacial score (nSPS) is 13.0. The largest absolute Gasteiger partial charge is 0.241 e. The highest BCUT2D eigenvalue weighted by molar-refractivity contribution is 4.56. The molecule has 3 nitrogen and oxygen atoms in total. The SMILES string of the molecule is CC(C)C(F)N=[N+]=[N-]. The molecule has 0 spiro atoms. The molecule has 0 saturated carbocycles. The molecule has 46 valence electrons. The quantitative estimate of drug-likeness (QED) is 0.230. The Morgan fingerprint density at radius 1 is 1.62 bits per heavy atom. The van der Waals surface area contributed by atoms with Crippen LogP contribution >= 0.6 is 0 Å². The van der Waals surface area contributed by atoms with Gasteiger partial charge in [-0.3, -0.25) is 0 Å². The number of hydrogen-bond donors (Lipinski definition) is 0. The Labute approximate surface area is 47.1 Å². The van der Waals surface area contributed by atoms with Crippen LogP contribution in [-0.4, -0.2) is 6.30 Å². The molecule has 0 saturated heterocycles. The summed E-state index contributed by atoms with van der Waals surface area (Å²) < 4.78 is 12.1. The lowest BCUT2D eigenvalue weighted by atomic mass is 10.2. The lowest BCUT2D eigenvalue weighted by molar-refractivity contribution is 0.264. The van der Waals surface area contributed by atoms with Gasteiger partial charge in [-0.05, 0) is 11.4 Å². The van der Waals surface area contributed by atoms with Crippen LogP contribution in [0.1, 0.15) is 13.8 Å². The van der Waals surface area contributed by atoms with E-state index in [0.29, 0.717) is 0 Å². The maximum atomic E-state index is 12.1. The van der Waals surface area contributed by atoms with Crippen molar-refractivity contribution in [3.63, 3.8) is 0 Å². The molecule has 0 fully saturated rings. The van der Waals surface area contributed by atoms with Gasteiger partial charge in [0.15, 0.2) is 6.30 Å². The lowest BCUT2D eigenvalue weighted by Gasteiger charge is -2.01. The van der Waals surface area contributed by atoms with Crippen molar-refractivity contribution in [2.75, 3.05) is 0 Å². The Kier molecular flexibility index (Phi) is 2.96. The fourth-order valence-corrected chi connectivity index (χ4v) is 0.183. The second kappa shape index (κ2) is 3.27. The van der Waals surface area contributed by atoms with Gasteiger partial charge in [-0.25, -0.2) is 4.39 Å². The molecule has 0 bridgehead atoms. The van der Waals surface area contributed by atoms with Crippen LogP contribution in [-0.2, 0) is 0 Å². The number of rotatable bonds is 2. The van der Waals surface area contributed by atoms with E-state index < -0.39 is 6.30 Å². The Balaban J connectivity index is 3.63. The van der Waals surface area contributed by atoms with Crippen LogP contribution in [0, 0.1) is 5.92 Å². The maximum absolute atomic E-state index is 12.1. The molecule has 0 N–H and O–H groups in total. The van der Waals surface area contributed by atoms with Crippen LogP contribution in [0.25, 0.3) is 10.4 Å². The highest BCUT2D eigenvalue weighted by Gasteiger charge is 2.06. The van der Waals surface area contributed by atoms with E-state index in [2.05, 4.69) is 10.0 Å². The van der Waals surface area contributed by atoms with Crippen LogP contribution in [0.4, 0.5) is 4.39 Å². The molecule has 0 aliphatic rings. The molecule has 0 radical (unpaired) electrons. The summed E-state index contributed by atoms with van der Waals surface area (Å²) in [6.07, 6.45) is -1.37. The molecule has 0 amide bonds. The smallest absolute Gasteiger partial charge is 0.181 e. The van der Waals surface area contributed by atoms with Crippen molar-refractivity contribution in [1.29, 1.82) is 0 Å². The highest BCUT2D eigenvalue weighted by Crippen LogP contribution is 2.06. The molecule has 0 aromatic rings. The minimum Gasteiger partial charge on any atom is -0.241 e. The van der Waals surface area contributed by atoms with E-state index in [1.807, 2.05) is 0 Å². The van der Waals surface area contributed by atoms with Gasteiger partial charge >= 0.3 is 0 Å². The van der Waals surface area contributed by atoms with E-state index >= 15 is 0 Å². The summed E-state index contributed by atoms with van der Waals surface area (Å²) in [7, 11) is 0. The summed E-state index contributed by atoms with van der Waals surface area (Å²) in [4.78, 5) is 2.31. The molecule has 0 aromatic carbocycles. The molecular weight excluding hydrogens is 109 g/mol. The molecule has 0 aliphatic carbocycles. The van der Waals surface area contributed by atoms with E-state index in [-0.39, 0.29) is 5.92 Å². The molecule has 0 rings (SSSR count). The molecular formula is C4H8FN3. The van der Waals surface area contributed by atoms with Crippen molar-refractivity contribution in [1.82, 2.24) is 0 Å². The van der Waals surface area contributed by atoms with Crippen molar-refractivity contribution in [3.8, 4) is 0 Å². The van der Waals surface area contributed by atoms with Gasteiger partial charge in [0.25, 0.3) is 0 Å². The van der Waals surface area contributed by atoms with Gasteiger partial charge in [0.1, 0.15) is 0 Å². The summed E-state index contributed by atoms with van der Waals surface area (Å²) in [5.74, 6) is -0.217. The highest BCUT2D eigenvalue weighted by atomic mass is 19.1. The van der Waals surface area contributed by atoms with Gasteiger partial charge in [0, 0.05) is 4.91 Å². The molecule has 1 atom stereocenters. The molecule has 0 heterocycles. The van der Waals surface area contributed by atoms with Crippen LogP contribution < -0.4 is 0 Å². The average molecular weight is 117 g/mol. The topological polar surface area (TPSA) is 48.8 Å². The van der Waals surface area contributed by atoms with Crippen LogP contribution in [0.2, 0.25) is 0 Å². The minimum atomic E-state index is -1.37. The minimum absolute atomic E-state index is 0.217.